The molecule has 12 nitrogen and oxygen atoms in total. The maximum Gasteiger partial charge on any atom is 0.255 e. The smallest absolute Gasteiger partial charge is 0.255 e. The molecule has 9 rings (SSSR count). The van der Waals surface area contributed by atoms with Crippen LogP contribution in [0, 0.1) is 5.92 Å². The minimum absolute atomic E-state index is 0.0273. The molecule has 1 saturated carbocycles. The number of anilines is 2. The molecule has 1 N–H and O–H groups in total. The van der Waals surface area contributed by atoms with Crippen LogP contribution < -0.4 is 24.6 Å². The van der Waals surface area contributed by atoms with Crippen molar-refractivity contribution in [2.24, 2.45) is 5.92 Å². The number of benzene rings is 4. The number of nitrogens with zero attached hydrogens (tertiary/aromatic N) is 5. The van der Waals surface area contributed by atoms with Gasteiger partial charge in [-0.2, -0.15) is 0 Å². The van der Waals surface area contributed by atoms with E-state index >= 15 is 0 Å². The summed E-state index contributed by atoms with van der Waals surface area (Å²) in [5.74, 6) is 1.24. The number of imide groups is 1. The lowest BCUT2D eigenvalue weighted by molar-refractivity contribution is -0.137. The maximum atomic E-state index is 14.1. The van der Waals surface area contributed by atoms with Gasteiger partial charge in [-0.05, 0) is 160 Å². The van der Waals surface area contributed by atoms with Gasteiger partial charge in [-0.25, -0.2) is 0 Å². The number of fused-ring (bicyclic) bond motifs is 2. The summed E-state index contributed by atoms with van der Waals surface area (Å²) in [6.07, 6.45) is 10.1. The lowest BCUT2D eigenvalue weighted by Gasteiger charge is -2.42. The summed E-state index contributed by atoms with van der Waals surface area (Å²) in [7, 11) is 3.83. The van der Waals surface area contributed by atoms with E-state index in [-0.39, 0.29) is 48.6 Å². The molecule has 2 atom stereocenters. The molecule has 3 fully saturated rings. The molecule has 4 heterocycles. The van der Waals surface area contributed by atoms with E-state index < -0.39 is 6.04 Å². The Balaban J connectivity index is 0.721. The number of hydrogen-bond acceptors (Lipinski definition) is 9. The van der Waals surface area contributed by atoms with Crippen LogP contribution in [0.15, 0.2) is 78.9 Å². The van der Waals surface area contributed by atoms with Gasteiger partial charge in [0.25, 0.3) is 5.91 Å². The first-order valence-corrected chi connectivity index (χ1v) is 25.3. The first-order chi connectivity index (χ1) is 32.9. The van der Waals surface area contributed by atoms with Gasteiger partial charge in [-0.1, -0.05) is 42.3 Å². The fraction of sp³-hybridized carbons (Fsp3) is 0.491. The number of carbonyl (C=O) groups excluding carboxylic acids is 4. The van der Waals surface area contributed by atoms with Crippen molar-refractivity contribution in [1.82, 2.24) is 20.0 Å². The number of halogens is 1. The Kier molecular flexibility index (Phi) is 14.7. The third kappa shape index (κ3) is 10.4. The van der Waals surface area contributed by atoms with Crippen LogP contribution in [-0.4, -0.2) is 110 Å². The van der Waals surface area contributed by atoms with Gasteiger partial charge in [-0.15, -0.1) is 0 Å². The third-order valence-corrected chi connectivity index (χ3v) is 15.3. The van der Waals surface area contributed by atoms with E-state index in [1.165, 1.54) is 31.2 Å². The highest BCUT2D eigenvalue weighted by Gasteiger charge is 2.40. The number of carbonyl (C=O) groups is 4. The molecule has 360 valence electrons. The number of methoxy groups -OCH3 is 1. The van der Waals surface area contributed by atoms with Gasteiger partial charge in [0, 0.05) is 80.7 Å². The summed E-state index contributed by atoms with van der Waals surface area (Å²) < 4.78 is 11.9. The minimum atomic E-state index is -0.579. The predicted molar refractivity (Wildman–Crippen MR) is 267 cm³/mol. The van der Waals surface area contributed by atoms with Gasteiger partial charge in [0.05, 0.1) is 25.7 Å². The fourth-order valence-electron chi connectivity index (χ4n) is 11.4. The summed E-state index contributed by atoms with van der Waals surface area (Å²) in [5, 5.41) is 3.05. The Morgan fingerprint density at radius 3 is 2.29 bits per heavy atom. The molecule has 4 amide bonds. The Hall–Kier alpha value is -5.43. The topological polar surface area (TPSA) is 115 Å². The van der Waals surface area contributed by atoms with Crippen LogP contribution in [0.1, 0.15) is 116 Å². The average molecular weight is 944 g/mol. The highest BCUT2D eigenvalue weighted by molar-refractivity contribution is 6.30. The van der Waals surface area contributed by atoms with E-state index in [4.69, 9.17) is 21.1 Å². The van der Waals surface area contributed by atoms with Gasteiger partial charge in [0.15, 0.2) is 11.5 Å². The monoisotopic (exact) mass is 942 g/mol. The highest BCUT2D eigenvalue weighted by atomic mass is 35.5. The number of piperazine rings is 1. The van der Waals surface area contributed by atoms with Crippen molar-refractivity contribution in [1.29, 1.82) is 0 Å². The Labute approximate surface area is 406 Å². The number of rotatable bonds is 16. The van der Waals surface area contributed by atoms with Crippen molar-refractivity contribution in [3.8, 4) is 11.5 Å². The van der Waals surface area contributed by atoms with Gasteiger partial charge in [0.2, 0.25) is 17.7 Å². The molecule has 4 aromatic rings. The maximum absolute atomic E-state index is 14.1. The van der Waals surface area contributed by atoms with E-state index in [0.29, 0.717) is 47.0 Å². The highest BCUT2D eigenvalue weighted by Crippen LogP contribution is 2.44. The van der Waals surface area contributed by atoms with Gasteiger partial charge in [0.1, 0.15) is 6.04 Å². The quantitative estimate of drug-likeness (QED) is 0.0872. The molecule has 4 aromatic carbocycles. The van der Waals surface area contributed by atoms with Crippen LogP contribution in [0.3, 0.4) is 0 Å². The summed E-state index contributed by atoms with van der Waals surface area (Å²) >= 11 is 6.34. The van der Waals surface area contributed by atoms with Gasteiger partial charge >= 0.3 is 0 Å². The Bertz CT molecular complexity index is 2460. The summed E-state index contributed by atoms with van der Waals surface area (Å²) in [6, 6.07) is 25.9. The standard InChI is InChI=1S/C55H67ClN6O6/c1-36(2)68-50-33-46-40(31-49(50)67-4)32-52(64)62(53(46)39-14-16-41(56)17-15-39)44-22-20-42(21-23-44)58(3)34-37-12-18-43(19-13-37)60-29-27-59(28-30-60)26-7-5-6-9-38-10-8-11-45-47(38)35-61(55(45)66)48-24-25-51(63)57-54(48)65/h8,10-11,14-17,20-23,31,33,36-37,43,48,53H,5-7,9,12-13,18-19,24-30,32,34-35H2,1-4H3,(H,57,63,65)/t37?,43?,48?,53-/m0/s1. The van der Waals surface area contributed by atoms with Crippen molar-refractivity contribution in [3.63, 3.8) is 0 Å². The molecule has 1 aliphatic carbocycles. The second-order valence-corrected chi connectivity index (χ2v) is 20.3. The normalized spacial score (nSPS) is 22.3. The third-order valence-electron chi connectivity index (χ3n) is 15.1. The van der Waals surface area contributed by atoms with Crippen molar-refractivity contribution in [3.05, 3.63) is 117 Å². The second-order valence-electron chi connectivity index (χ2n) is 19.9. The molecule has 0 aromatic heterocycles. The largest absolute Gasteiger partial charge is 0.493 e. The zero-order chi connectivity index (χ0) is 47.5. The summed E-state index contributed by atoms with van der Waals surface area (Å²) in [5.41, 5.74) is 7.88. The van der Waals surface area contributed by atoms with E-state index in [1.54, 1.807) is 12.0 Å². The lowest BCUT2D eigenvalue weighted by atomic mass is 9.84. The molecular formula is C55H67ClN6O6. The van der Waals surface area contributed by atoms with Crippen LogP contribution in [0.4, 0.5) is 11.4 Å². The zero-order valence-corrected chi connectivity index (χ0v) is 40.9. The number of nitrogens with one attached hydrogen (secondary N) is 1. The van der Waals surface area contributed by atoms with E-state index in [9.17, 15) is 19.2 Å². The van der Waals surface area contributed by atoms with Crippen LogP contribution in [-0.2, 0) is 33.8 Å². The minimum Gasteiger partial charge on any atom is -0.493 e. The predicted octanol–water partition coefficient (Wildman–Crippen LogP) is 8.60. The van der Waals surface area contributed by atoms with Gasteiger partial charge in [-0.3, -0.25) is 29.4 Å². The lowest BCUT2D eigenvalue weighted by Crippen LogP contribution is -2.52. The molecule has 0 spiro atoms. The Morgan fingerprint density at radius 1 is 0.838 bits per heavy atom. The molecule has 2 saturated heterocycles. The van der Waals surface area contributed by atoms with Gasteiger partial charge < -0.3 is 29.1 Å². The van der Waals surface area contributed by atoms with Crippen molar-refractivity contribution in [2.75, 3.05) is 63.2 Å². The number of piperidine rings is 1. The van der Waals surface area contributed by atoms with Crippen molar-refractivity contribution >= 4 is 46.6 Å². The van der Waals surface area contributed by atoms with Crippen LogP contribution in [0.25, 0.3) is 0 Å². The van der Waals surface area contributed by atoms with Crippen molar-refractivity contribution < 1.29 is 28.7 Å². The molecular weight excluding hydrogens is 876 g/mol. The first-order valence-electron chi connectivity index (χ1n) is 24.9. The molecule has 68 heavy (non-hydrogen) atoms. The SMILES string of the molecule is COc1cc2c(cc1OC(C)C)[C@H](c1ccc(Cl)cc1)N(c1ccc(N(C)CC3CCC(N4CCN(CCCCCc5cccc6c5CN(C5CCC(=O)NC5=O)C6=O)CC4)CC3)cc1)C(=O)C2. The number of amides is 4. The number of unbranched alkanes of at least 4 members (excludes halogenated alkanes) is 2. The molecule has 1 unspecified atom stereocenters. The van der Waals surface area contributed by atoms with Crippen LogP contribution >= 0.6 is 11.6 Å². The van der Waals surface area contributed by atoms with Crippen LogP contribution in [0.5, 0.6) is 11.5 Å². The van der Waals surface area contributed by atoms with E-state index in [0.717, 1.165) is 98.6 Å². The van der Waals surface area contributed by atoms with Crippen molar-refractivity contribution in [2.45, 2.75) is 115 Å². The Morgan fingerprint density at radius 2 is 1.59 bits per heavy atom. The number of hydrogen-bond donors (Lipinski definition) is 1. The van der Waals surface area contributed by atoms with Crippen LogP contribution in [0.2, 0.25) is 5.02 Å². The van der Waals surface area contributed by atoms with E-state index in [1.807, 2.05) is 67.3 Å². The average Bonchev–Trinajstić information content (AvgIpc) is 3.67. The number of aryl methyl sites for hydroxylation is 1. The molecule has 5 aliphatic rings. The summed E-state index contributed by atoms with van der Waals surface area (Å²) in [4.78, 5) is 62.9. The molecule has 4 aliphatic heterocycles. The fourth-order valence-corrected chi connectivity index (χ4v) is 11.6. The summed E-state index contributed by atoms with van der Waals surface area (Å²) in [6.45, 7) is 11.1. The molecule has 0 radical (unpaired) electrons. The molecule has 0 bridgehead atoms. The zero-order valence-electron chi connectivity index (χ0n) is 40.2. The number of ether oxygens (including phenoxy) is 2. The first kappa shape index (κ1) is 47.6. The van der Waals surface area contributed by atoms with E-state index in [2.05, 4.69) is 57.4 Å². The second kappa shape index (κ2) is 21.1. The molecule has 13 heteroatoms.